The molecule has 0 aromatic heterocycles. The van der Waals surface area contributed by atoms with E-state index in [1.54, 1.807) is 0 Å². The van der Waals surface area contributed by atoms with Gasteiger partial charge in [-0.15, -0.1) is 0 Å². The van der Waals surface area contributed by atoms with E-state index in [0.29, 0.717) is 19.3 Å². The fourth-order valence-electron chi connectivity index (χ4n) is 10.5. The first-order valence-electron chi connectivity index (χ1n) is 36.1. The topological polar surface area (TPSA) is 78.9 Å². The SMILES string of the molecule is CC/C=C\C/C=C\C/C=C\C/C=C\CCCCCCC(=O)OC(COC(=O)CCCCCCC/C=C\CCCCCCCC)COC(=O)CCCCCCCCCCCCCCCCCCCCCCC/C=C\C/C=C\CCCCCCC. The van der Waals surface area contributed by atoms with E-state index in [2.05, 4.69) is 106 Å². The van der Waals surface area contributed by atoms with E-state index in [9.17, 15) is 14.4 Å². The Morgan fingerprint density at radius 2 is 0.470 bits per heavy atom. The molecule has 0 N–H and O–H groups in total. The van der Waals surface area contributed by atoms with Gasteiger partial charge < -0.3 is 14.2 Å². The highest BCUT2D eigenvalue weighted by molar-refractivity contribution is 5.71. The molecule has 0 aliphatic heterocycles. The van der Waals surface area contributed by atoms with Crippen molar-refractivity contribution in [1.82, 2.24) is 0 Å². The zero-order valence-electron chi connectivity index (χ0n) is 55.2. The molecule has 6 nitrogen and oxygen atoms in total. The van der Waals surface area contributed by atoms with Crippen molar-refractivity contribution in [2.75, 3.05) is 13.2 Å². The molecule has 6 heteroatoms. The maximum Gasteiger partial charge on any atom is 0.306 e. The Kier molecular flexibility index (Phi) is 68.2. The molecule has 0 bridgehead atoms. The van der Waals surface area contributed by atoms with Crippen LogP contribution in [0.2, 0.25) is 0 Å². The molecular weight excluding hydrogens is 1020 g/mol. The molecule has 0 saturated carbocycles. The lowest BCUT2D eigenvalue weighted by Crippen LogP contribution is -2.30. The van der Waals surface area contributed by atoms with Crippen LogP contribution < -0.4 is 0 Å². The summed E-state index contributed by atoms with van der Waals surface area (Å²) in [5.41, 5.74) is 0. The molecule has 0 rings (SSSR count). The number of carbonyl (C=O) groups is 3. The highest BCUT2D eigenvalue weighted by Crippen LogP contribution is 2.18. The lowest BCUT2D eigenvalue weighted by Gasteiger charge is -2.18. The van der Waals surface area contributed by atoms with Gasteiger partial charge >= 0.3 is 17.9 Å². The predicted molar refractivity (Wildman–Crippen MR) is 362 cm³/mol. The Hall–Kier alpha value is -3.41. The van der Waals surface area contributed by atoms with Gasteiger partial charge in [-0.25, -0.2) is 0 Å². The molecule has 0 radical (unpaired) electrons. The molecule has 480 valence electrons. The molecular formula is C77H136O6. The minimum Gasteiger partial charge on any atom is -0.462 e. The van der Waals surface area contributed by atoms with Gasteiger partial charge in [0.15, 0.2) is 6.10 Å². The lowest BCUT2D eigenvalue weighted by molar-refractivity contribution is -0.167. The maximum absolute atomic E-state index is 12.9. The van der Waals surface area contributed by atoms with Crippen LogP contribution in [0.15, 0.2) is 85.1 Å². The molecule has 0 aromatic carbocycles. The van der Waals surface area contributed by atoms with Crippen molar-refractivity contribution in [2.45, 2.75) is 374 Å². The number of allylic oxidation sites excluding steroid dienone is 14. The molecule has 1 unspecified atom stereocenters. The molecule has 0 fully saturated rings. The molecule has 0 saturated heterocycles. The van der Waals surface area contributed by atoms with Crippen LogP contribution in [0, 0.1) is 0 Å². The predicted octanol–water partition coefficient (Wildman–Crippen LogP) is 25.0. The fourth-order valence-corrected chi connectivity index (χ4v) is 10.5. The molecule has 0 aliphatic carbocycles. The lowest BCUT2D eigenvalue weighted by atomic mass is 10.0. The third kappa shape index (κ3) is 69.3. The quantitative estimate of drug-likeness (QED) is 0.0261. The van der Waals surface area contributed by atoms with E-state index >= 15 is 0 Å². The number of unbranched alkanes of at least 4 members (excludes halogenated alkanes) is 41. The monoisotopic (exact) mass is 1160 g/mol. The van der Waals surface area contributed by atoms with Gasteiger partial charge in [0, 0.05) is 19.3 Å². The van der Waals surface area contributed by atoms with Crippen molar-refractivity contribution < 1.29 is 28.6 Å². The number of hydrogen-bond acceptors (Lipinski definition) is 6. The van der Waals surface area contributed by atoms with Gasteiger partial charge in [0.25, 0.3) is 0 Å². The van der Waals surface area contributed by atoms with E-state index in [-0.39, 0.29) is 31.1 Å². The van der Waals surface area contributed by atoms with E-state index < -0.39 is 6.10 Å². The summed E-state index contributed by atoms with van der Waals surface area (Å²) < 4.78 is 17.0. The smallest absolute Gasteiger partial charge is 0.306 e. The number of ether oxygens (including phenoxy) is 3. The van der Waals surface area contributed by atoms with Crippen molar-refractivity contribution in [3.8, 4) is 0 Å². The van der Waals surface area contributed by atoms with Crippen LogP contribution in [0.1, 0.15) is 367 Å². The molecule has 0 spiro atoms. The van der Waals surface area contributed by atoms with Crippen LogP contribution in [0.25, 0.3) is 0 Å². The Morgan fingerprint density at radius 3 is 0.747 bits per heavy atom. The first-order valence-corrected chi connectivity index (χ1v) is 36.1. The van der Waals surface area contributed by atoms with Crippen LogP contribution in [0.4, 0.5) is 0 Å². The van der Waals surface area contributed by atoms with Gasteiger partial charge in [-0.2, -0.15) is 0 Å². The Bertz CT molecular complexity index is 1570. The highest BCUT2D eigenvalue weighted by atomic mass is 16.6. The molecule has 1 atom stereocenters. The molecule has 0 aliphatic rings. The van der Waals surface area contributed by atoms with Crippen LogP contribution in [0.3, 0.4) is 0 Å². The van der Waals surface area contributed by atoms with Crippen LogP contribution in [-0.2, 0) is 28.6 Å². The Balaban J connectivity index is 4.19. The molecule has 0 aromatic rings. The van der Waals surface area contributed by atoms with Crippen LogP contribution in [-0.4, -0.2) is 37.2 Å². The molecule has 83 heavy (non-hydrogen) atoms. The standard InChI is InChI=1S/C77H136O6/c1-4-7-10-13-16-19-22-25-28-30-31-32-33-34-35-36-37-38-39-40-41-42-43-44-45-47-49-52-55-58-61-64-67-70-76(79)82-73-74(72-81-75(78)69-66-63-60-57-54-51-48-27-24-21-18-15-12-9-6-3)83-77(80)71-68-65-62-59-56-53-50-46-29-26-23-20-17-14-11-8-5-2/h8,11,17,20,22,25-27,29-31,48,50,53,74H,4-7,9-10,12-16,18-19,21,23-24,28,32-47,49,51-52,54-73H2,1-3H3/b11-8-,20-17-,25-22-,29-26-,31-30-,48-27-,53-50-. The van der Waals surface area contributed by atoms with E-state index in [1.807, 2.05) is 0 Å². The second-order valence-electron chi connectivity index (χ2n) is 24.1. The van der Waals surface area contributed by atoms with Crippen molar-refractivity contribution in [1.29, 1.82) is 0 Å². The number of carbonyl (C=O) groups excluding carboxylic acids is 3. The summed E-state index contributed by atoms with van der Waals surface area (Å²) in [6.07, 6.45) is 94.9. The van der Waals surface area contributed by atoms with E-state index in [1.165, 1.54) is 218 Å². The first-order chi connectivity index (χ1) is 41.0. The van der Waals surface area contributed by atoms with E-state index in [0.717, 1.165) is 109 Å². The summed E-state index contributed by atoms with van der Waals surface area (Å²) in [6, 6.07) is 0. The minimum absolute atomic E-state index is 0.0860. The number of rotatable bonds is 66. The third-order valence-corrected chi connectivity index (χ3v) is 15.9. The second kappa shape index (κ2) is 71.1. The summed E-state index contributed by atoms with van der Waals surface area (Å²) in [6.45, 7) is 6.53. The average molecular weight is 1160 g/mol. The van der Waals surface area contributed by atoms with Gasteiger partial charge in [0.05, 0.1) is 0 Å². The van der Waals surface area contributed by atoms with Crippen molar-refractivity contribution in [3.05, 3.63) is 85.1 Å². The fraction of sp³-hybridized carbons (Fsp3) is 0.779. The second-order valence-corrected chi connectivity index (χ2v) is 24.1. The first kappa shape index (κ1) is 79.6. The summed E-state index contributed by atoms with van der Waals surface area (Å²) in [5, 5.41) is 0. The Labute approximate surface area is 515 Å². The highest BCUT2D eigenvalue weighted by Gasteiger charge is 2.19. The maximum atomic E-state index is 12.9. The normalized spacial score (nSPS) is 12.6. The van der Waals surface area contributed by atoms with Gasteiger partial charge in [-0.3, -0.25) is 14.4 Å². The molecule has 0 amide bonds. The van der Waals surface area contributed by atoms with Gasteiger partial charge in [-0.1, -0.05) is 318 Å². The zero-order chi connectivity index (χ0) is 59.9. The van der Waals surface area contributed by atoms with E-state index in [4.69, 9.17) is 14.2 Å². The number of esters is 3. The van der Waals surface area contributed by atoms with Crippen LogP contribution >= 0.6 is 0 Å². The zero-order valence-corrected chi connectivity index (χ0v) is 55.2. The van der Waals surface area contributed by atoms with Gasteiger partial charge in [0.2, 0.25) is 0 Å². The van der Waals surface area contributed by atoms with Crippen molar-refractivity contribution >= 4 is 17.9 Å². The number of hydrogen-bond donors (Lipinski definition) is 0. The van der Waals surface area contributed by atoms with Gasteiger partial charge in [-0.05, 0) is 116 Å². The van der Waals surface area contributed by atoms with Gasteiger partial charge in [0.1, 0.15) is 13.2 Å². The summed E-state index contributed by atoms with van der Waals surface area (Å²) >= 11 is 0. The average Bonchev–Trinajstić information content (AvgIpc) is 3.49. The third-order valence-electron chi connectivity index (χ3n) is 15.9. The molecule has 0 heterocycles. The minimum atomic E-state index is -0.793. The Morgan fingerprint density at radius 1 is 0.253 bits per heavy atom. The summed E-state index contributed by atoms with van der Waals surface area (Å²) in [4.78, 5) is 38.4. The summed E-state index contributed by atoms with van der Waals surface area (Å²) in [7, 11) is 0. The largest absolute Gasteiger partial charge is 0.462 e. The van der Waals surface area contributed by atoms with Crippen molar-refractivity contribution in [3.63, 3.8) is 0 Å². The van der Waals surface area contributed by atoms with Crippen molar-refractivity contribution in [2.24, 2.45) is 0 Å². The van der Waals surface area contributed by atoms with Crippen LogP contribution in [0.5, 0.6) is 0 Å². The summed E-state index contributed by atoms with van der Waals surface area (Å²) in [5.74, 6) is -0.901.